The van der Waals surface area contributed by atoms with Crippen molar-refractivity contribution in [1.29, 1.82) is 0 Å². The predicted molar refractivity (Wildman–Crippen MR) is 69.6 cm³/mol. The zero-order chi connectivity index (χ0) is 13.7. The normalized spacial score (nSPS) is 9.94. The van der Waals surface area contributed by atoms with Gasteiger partial charge in [-0.1, -0.05) is 6.07 Å². The standard InChI is InChI=1S/C12H17N3O3/c1-9-4-5-11(15(17)18)10(8-9)13-7-6-12(16)14(2)3/h4-5,8,13H,6-7H2,1-3H3. The van der Waals surface area contributed by atoms with Gasteiger partial charge in [0, 0.05) is 33.1 Å². The molecule has 1 aromatic rings. The van der Waals surface area contributed by atoms with Crippen LogP contribution >= 0.6 is 0 Å². The molecule has 0 aliphatic rings. The van der Waals surface area contributed by atoms with Crippen LogP contribution in [0.1, 0.15) is 12.0 Å². The molecule has 0 aliphatic carbocycles. The van der Waals surface area contributed by atoms with Crippen molar-refractivity contribution in [3.05, 3.63) is 33.9 Å². The lowest BCUT2D eigenvalue weighted by Gasteiger charge is -2.11. The van der Waals surface area contributed by atoms with Crippen LogP contribution in [0.2, 0.25) is 0 Å². The summed E-state index contributed by atoms with van der Waals surface area (Å²) in [6, 6.07) is 4.86. The third-order valence-corrected chi connectivity index (χ3v) is 2.50. The number of nitro benzene ring substituents is 1. The highest BCUT2D eigenvalue weighted by Gasteiger charge is 2.13. The summed E-state index contributed by atoms with van der Waals surface area (Å²) >= 11 is 0. The number of hydrogen-bond donors (Lipinski definition) is 1. The molecule has 0 saturated heterocycles. The molecule has 0 atom stereocenters. The van der Waals surface area contributed by atoms with Crippen molar-refractivity contribution in [2.75, 3.05) is 26.0 Å². The lowest BCUT2D eigenvalue weighted by molar-refractivity contribution is -0.384. The van der Waals surface area contributed by atoms with Crippen LogP contribution in [-0.4, -0.2) is 36.4 Å². The Labute approximate surface area is 106 Å². The Bertz CT molecular complexity index is 458. The summed E-state index contributed by atoms with van der Waals surface area (Å²) in [6.45, 7) is 2.24. The highest BCUT2D eigenvalue weighted by atomic mass is 16.6. The summed E-state index contributed by atoms with van der Waals surface area (Å²) in [5, 5.41) is 13.8. The SMILES string of the molecule is Cc1ccc([N+](=O)[O-])c(NCCC(=O)N(C)C)c1. The number of carbonyl (C=O) groups excluding carboxylic acids is 1. The van der Waals surface area contributed by atoms with Crippen LogP contribution in [-0.2, 0) is 4.79 Å². The Morgan fingerprint density at radius 3 is 2.67 bits per heavy atom. The zero-order valence-electron chi connectivity index (χ0n) is 10.8. The van der Waals surface area contributed by atoms with Crippen LogP contribution in [0.3, 0.4) is 0 Å². The lowest BCUT2D eigenvalue weighted by atomic mass is 10.2. The second kappa shape index (κ2) is 6.00. The van der Waals surface area contributed by atoms with E-state index in [1.54, 1.807) is 26.2 Å². The molecule has 0 bridgehead atoms. The number of nitro groups is 1. The quantitative estimate of drug-likeness (QED) is 0.639. The molecule has 98 valence electrons. The number of aryl methyl sites for hydroxylation is 1. The Balaban J connectivity index is 2.69. The number of hydrogen-bond acceptors (Lipinski definition) is 4. The summed E-state index contributed by atoms with van der Waals surface area (Å²) in [4.78, 5) is 23.3. The monoisotopic (exact) mass is 251 g/mol. The van der Waals surface area contributed by atoms with E-state index in [1.807, 2.05) is 6.92 Å². The fraction of sp³-hybridized carbons (Fsp3) is 0.417. The van der Waals surface area contributed by atoms with Crippen molar-refractivity contribution in [2.24, 2.45) is 0 Å². The van der Waals surface area contributed by atoms with Crippen LogP contribution < -0.4 is 5.32 Å². The summed E-state index contributed by atoms with van der Waals surface area (Å²) in [5.74, 6) is -0.0159. The van der Waals surface area contributed by atoms with E-state index in [0.717, 1.165) is 5.56 Å². The van der Waals surface area contributed by atoms with E-state index >= 15 is 0 Å². The first-order valence-corrected chi connectivity index (χ1v) is 5.61. The largest absolute Gasteiger partial charge is 0.379 e. The van der Waals surface area contributed by atoms with Gasteiger partial charge in [0.25, 0.3) is 5.69 Å². The number of nitrogens with one attached hydrogen (secondary N) is 1. The molecule has 1 amide bonds. The molecule has 0 radical (unpaired) electrons. The fourth-order valence-electron chi connectivity index (χ4n) is 1.48. The van der Waals surface area contributed by atoms with Crippen LogP contribution in [0.4, 0.5) is 11.4 Å². The van der Waals surface area contributed by atoms with E-state index in [4.69, 9.17) is 0 Å². The molecule has 1 aromatic carbocycles. The van der Waals surface area contributed by atoms with Crippen molar-refractivity contribution < 1.29 is 9.72 Å². The topological polar surface area (TPSA) is 75.5 Å². The zero-order valence-corrected chi connectivity index (χ0v) is 10.8. The fourth-order valence-corrected chi connectivity index (χ4v) is 1.48. The maximum Gasteiger partial charge on any atom is 0.292 e. The average molecular weight is 251 g/mol. The minimum atomic E-state index is -0.435. The van der Waals surface area contributed by atoms with Gasteiger partial charge in [0.05, 0.1) is 4.92 Å². The molecular weight excluding hydrogens is 234 g/mol. The summed E-state index contributed by atoms with van der Waals surface area (Å²) < 4.78 is 0. The molecule has 0 heterocycles. The number of carbonyl (C=O) groups is 1. The molecule has 0 unspecified atom stereocenters. The van der Waals surface area contributed by atoms with Crippen LogP contribution in [0.25, 0.3) is 0 Å². The van der Waals surface area contributed by atoms with Gasteiger partial charge in [0.15, 0.2) is 0 Å². The van der Waals surface area contributed by atoms with Gasteiger partial charge in [-0.25, -0.2) is 0 Å². The molecule has 1 rings (SSSR count). The first kappa shape index (κ1) is 14.0. The van der Waals surface area contributed by atoms with E-state index in [1.165, 1.54) is 11.0 Å². The molecule has 0 spiro atoms. The molecule has 6 nitrogen and oxygen atoms in total. The van der Waals surface area contributed by atoms with Gasteiger partial charge in [-0.2, -0.15) is 0 Å². The van der Waals surface area contributed by atoms with E-state index in [0.29, 0.717) is 18.7 Å². The second-order valence-corrected chi connectivity index (χ2v) is 4.24. The van der Waals surface area contributed by atoms with E-state index in [2.05, 4.69) is 5.32 Å². The van der Waals surface area contributed by atoms with Crippen molar-refractivity contribution in [3.63, 3.8) is 0 Å². The highest BCUT2D eigenvalue weighted by Crippen LogP contribution is 2.24. The van der Waals surface area contributed by atoms with Gasteiger partial charge in [0.1, 0.15) is 5.69 Å². The third-order valence-electron chi connectivity index (χ3n) is 2.50. The van der Waals surface area contributed by atoms with E-state index in [-0.39, 0.29) is 11.6 Å². The van der Waals surface area contributed by atoms with E-state index < -0.39 is 4.92 Å². The lowest BCUT2D eigenvalue weighted by Crippen LogP contribution is -2.24. The molecular formula is C12H17N3O3. The number of anilines is 1. The summed E-state index contributed by atoms with van der Waals surface area (Å²) in [6.07, 6.45) is 0.304. The molecule has 1 N–H and O–H groups in total. The van der Waals surface area contributed by atoms with Crippen molar-refractivity contribution in [1.82, 2.24) is 4.90 Å². The maximum atomic E-state index is 11.4. The van der Waals surface area contributed by atoms with Gasteiger partial charge in [-0.05, 0) is 18.6 Å². The van der Waals surface area contributed by atoms with Gasteiger partial charge in [0.2, 0.25) is 5.91 Å². The number of nitrogens with zero attached hydrogens (tertiary/aromatic N) is 2. The number of rotatable bonds is 5. The molecule has 0 fully saturated rings. The van der Waals surface area contributed by atoms with Crippen LogP contribution in [0, 0.1) is 17.0 Å². The number of benzene rings is 1. The average Bonchev–Trinajstić information content (AvgIpc) is 2.28. The van der Waals surface area contributed by atoms with Gasteiger partial charge < -0.3 is 10.2 Å². The Hall–Kier alpha value is -2.11. The van der Waals surface area contributed by atoms with Gasteiger partial charge in [-0.15, -0.1) is 0 Å². The van der Waals surface area contributed by atoms with Crippen molar-refractivity contribution in [3.8, 4) is 0 Å². The molecule has 18 heavy (non-hydrogen) atoms. The molecule has 6 heteroatoms. The predicted octanol–water partition coefficient (Wildman–Crippen LogP) is 1.79. The van der Waals surface area contributed by atoms with Gasteiger partial charge >= 0.3 is 0 Å². The number of amides is 1. The van der Waals surface area contributed by atoms with Crippen molar-refractivity contribution >= 4 is 17.3 Å². The second-order valence-electron chi connectivity index (χ2n) is 4.24. The Morgan fingerprint density at radius 2 is 2.11 bits per heavy atom. The van der Waals surface area contributed by atoms with E-state index in [9.17, 15) is 14.9 Å². The van der Waals surface area contributed by atoms with Crippen molar-refractivity contribution in [2.45, 2.75) is 13.3 Å². The minimum Gasteiger partial charge on any atom is -0.379 e. The first-order chi connectivity index (χ1) is 8.41. The highest BCUT2D eigenvalue weighted by molar-refractivity contribution is 5.76. The first-order valence-electron chi connectivity index (χ1n) is 5.61. The maximum absolute atomic E-state index is 11.4. The molecule has 0 aliphatic heterocycles. The minimum absolute atomic E-state index is 0.0159. The summed E-state index contributed by atoms with van der Waals surface area (Å²) in [5.41, 5.74) is 1.41. The van der Waals surface area contributed by atoms with Crippen LogP contribution in [0.5, 0.6) is 0 Å². The smallest absolute Gasteiger partial charge is 0.292 e. The molecule has 0 aromatic heterocycles. The van der Waals surface area contributed by atoms with Gasteiger partial charge in [-0.3, -0.25) is 14.9 Å². The Morgan fingerprint density at radius 1 is 1.44 bits per heavy atom. The summed E-state index contributed by atoms with van der Waals surface area (Å²) in [7, 11) is 3.36. The molecule has 0 saturated carbocycles. The third kappa shape index (κ3) is 3.73. The van der Waals surface area contributed by atoms with Crippen LogP contribution in [0.15, 0.2) is 18.2 Å². The Kier molecular flexibility index (Phi) is 4.65.